The minimum Gasteiger partial charge on any atom is -0.467 e. The number of benzene rings is 2. The van der Waals surface area contributed by atoms with Crippen molar-refractivity contribution in [2.24, 2.45) is 0 Å². The van der Waals surface area contributed by atoms with Crippen molar-refractivity contribution >= 4 is 46.2 Å². The summed E-state index contributed by atoms with van der Waals surface area (Å²) in [5, 5.41) is 5.38. The molecule has 6 heteroatoms. The maximum atomic E-state index is 6.32. The van der Waals surface area contributed by atoms with Gasteiger partial charge in [-0.25, -0.2) is 0 Å². The highest BCUT2D eigenvalue weighted by molar-refractivity contribution is 7.80. The number of nitrogens with one attached hydrogen (secondary N) is 1. The lowest BCUT2D eigenvalue weighted by Gasteiger charge is -2.52. The summed E-state index contributed by atoms with van der Waals surface area (Å²) >= 11 is 17.9. The van der Waals surface area contributed by atoms with Crippen LogP contribution in [0.4, 0.5) is 5.69 Å². The van der Waals surface area contributed by atoms with E-state index in [4.69, 9.17) is 40.2 Å². The number of fused-ring (bicyclic) bond motifs is 4. The molecular formula is C17H14Cl2N2OS. The van der Waals surface area contributed by atoms with Gasteiger partial charge in [-0.3, -0.25) is 4.90 Å². The highest BCUT2D eigenvalue weighted by Crippen LogP contribution is 2.46. The van der Waals surface area contributed by atoms with Gasteiger partial charge in [0.1, 0.15) is 5.75 Å². The fourth-order valence-electron chi connectivity index (χ4n) is 3.35. The monoisotopic (exact) mass is 364 g/mol. The van der Waals surface area contributed by atoms with Crippen LogP contribution in [0.15, 0.2) is 42.5 Å². The van der Waals surface area contributed by atoms with Crippen molar-refractivity contribution in [1.82, 2.24) is 5.32 Å². The minimum atomic E-state index is -0.571. The number of nitrogens with zero attached hydrogens (tertiary/aromatic N) is 1. The number of hydrogen-bond acceptors (Lipinski definition) is 2. The number of thiocarbonyl (C=S) groups is 1. The van der Waals surface area contributed by atoms with E-state index in [1.54, 1.807) is 0 Å². The van der Waals surface area contributed by atoms with E-state index in [1.807, 2.05) is 54.3 Å². The van der Waals surface area contributed by atoms with Crippen molar-refractivity contribution in [3.05, 3.63) is 58.1 Å². The Morgan fingerprint density at radius 1 is 1.22 bits per heavy atom. The zero-order valence-corrected chi connectivity index (χ0v) is 14.7. The van der Waals surface area contributed by atoms with Crippen molar-refractivity contribution in [2.75, 3.05) is 4.90 Å². The molecule has 3 nitrogen and oxygen atoms in total. The SMILES string of the molecule is C[C@@]12C[C@@H](NC(=S)N1c1cccc(Cl)c1)c1cc(Cl)ccc1O2. The van der Waals surface area contributed by atoms with Gasteiger partial charge >= 0.3 is 0 Å². The molecule has 4 rings (SSSR count). The smallest absolute Gasteiger partial charge is 0.188 e. The Balaban J connectivity index is 1.81. The molecule has 2 aromatic rings. The highest BCUT2D eigenvalue weighted by Gasteiger charge is 2.48. The Hall–Kier alpha value is -1.49. The fraction of sp³-hybridized carbons (Fsp3) is 0.235. The second-order valence-electron chi connectivity index (χ2n) is 5.98. The molecule has 23 heavy (non-hydrogen) atoms. The molecule has 1 fully saturated rings. The summed E-state index contributed by atoms with van der Waals surface area (Å²) in [5.41, 5.74) is 1.38. The van der Waals surface area contributed by atoms with Gasteiger partial charge < -0.3 is 10.1 Å². The van der Waals surface area contributed by atoms with Crippen molar-refractivity contribution in [1.29, 1.82) is 0 Å². The summed E-state index contributed by atoms with van der Waals surface area (Å²) in [6.45, 7) is 2.05. The van der Waals surface area contributed by atoms with E-state index in [1.165, 1.54) is 0 Å². The Kier molecular flexibility index (Phi) is 3.45. The van der Waals surface area contributed by atoms with Crippen LogP contribution in [-0.4, -0.2) is 10.8 Å². The topological polar surface area (TPSA) is 24.5 Å². The first-order valence-corrected chi connectivity index (χ1v) is 8.47. The number of hydrogen-bond donors (Lipinski definition) is 1. The second kappa shape index (κ2) is 5.26. The van der Waals surface area contributed by atoms with Crippen LogP contribution in [0.3, 0.4) is 0 Å². The molecule has 1 saturated heterocycles. The number of ether oxygens (including phenoxy) is 1. The van der Waals surface area contributed by atoms with Gasteiger partial charge in [0.05, 0.1) is 6.04 Å². The van der Waals surface area contributed by atoms with Gasteiger partial charge in [0, 0.05) is 27.7 Å². The first-order chi connectivity index (χ1) is 11.0. The summed E-state index contributed by atoms with van der Waals surface area (Å²) in [6.07, 6.45) is 0.757. The predicted molar refractivity (Wildman–Crippen MR) is 97.5 cm³/mol. The third-order valence-corrected chi connectivity index (χ3v) is 5.07. The molecule has 0 unspecified atom stereocenters. The lowest BCUT2D eigenvalue weighted by Crippen LogP contribution is -2.65. The molecule has 2 aromatic carbocycles. The van der Waals surface area contributed by atoms with Crippen LogP contribution in [0, 0.1) is 0 Å². The Labute approximate surface area is 150 Å². The third kappa shape index (κ3) is 2.45. The van der Waals surface area contributed by atoms with Crippen LogP contribution >= 0.6 is 35.4 Å². The van der Waals surface area contributed by atoms with Crippen molar-refractivity contribution in [3.8, 4) is 5.75 Å². The number of anilines is 1. The predicted octanol–water partition coefficient (Wildman–Crippen LogP) is 4.93. The zero-order valence-electron chi connectivity index (χ0n) is 12.3. The molecule has 2 aliphatic rings. The van der Waals surface area contributed by atoms with E-state index in [9.17, 15) is 0 Å². The molecule has 1 N–H and O–H groups in total. The fourth-order valence-corrected chi connectivity index (χ4v) is 4.16. The summed E-state index contributed by atoms with van der Waals surface area (Å²) in [5.74, 6) is 0.829. The maximum absolute atomic E-state index is 6.32. The zero-order chi connectivity index (χ0) is 16.2. The first-order valence-electron chi connectivity index (χ1n) is 7.31. The van der Waals surface area contributed by atoms with Gasteiger partial charge in [0.2, 0.25) is 0 Å². The average molecular weight is 365 g/mol. The average Bonchev–Trinajstić information content (AvgIpc) is 2.47. The van der Waals surface area contributed by atoms with Crippen molar-refractivity contribution in [2.45, 2.75) is 25.1 Å². The third-order valence-electron chi connectivity index (χ3n) is 4.30. The van der Waals surface area contributed by atoms with Gasteiger partial charge in [-0.2, -0.15) is 0 Å². The highest BCUT2D eigenvalue weighted by atomic mass is 35.5. The quantitative estimate of drug-likeness (QED) is 0.725. The summed E-state index contributed by atoms with van der Waals surface area (Å²) in [4.78, 5) is 1.99. The molecule has 0 aromatic heterocycles. The molecule has 0 radical (unpaired) electrons. The molecule has 2 atom stereocenters. The van der Waals surface area contributed by atoms with E-state index in [0.717, 1.165) is 23.4 Å². The molecule has 0 spiro atoms. The van der Waals surface area contributed by atoms with E-state index in [0.29, 0.717) is 15.2 Å². The Morgan fingerprint density at radius 2 is 2.00 bits per heavy atom. The Morgan fingerprint density at radius 3 is 2.78 bits per heavy atom. The van der Waals surface area contributed by atoms with Crippen LogP contribution in [0.25, 0.3) is 0 Å². The normalized spacial score (nSPS) is 25.4. The molecule has 0 amide bonds. The van der Waals surface area contributed by atoms with E-state index in [2.05, 4.69) is 5.32 Å². The largest absolute Gasteiger partial charge is 0.467 e. The second-order valence-corrected chi connectivity index (χ2v) is 7.24. The van der Waals surface area contributed by atoms with Crippen LogP contribution in [0.1, 0.15) is 24.9 Å². The summed E-state index contributed by atoms with van der Waals surface area (Å²) in [7, 11) is 0. The standard InChI is InChI=1S/C17H14Cl2N2OS/c1-17-9-14(13-8-11(19)5-6-15(13)22-17)20-16(23)21(17)12-4-2-3-10(18)7-12/h2-8,14H,9H2,1H3,(H,20,23)/t14-,17-/m1/s1. The van der Waals surface area contributed by atoms with Crippen LogP contribution < -0.4 is 15.0 Å². The lowest BCUT2D eigenvalue weighted by atomic mass is 9.90. The molecule has 118 valence electrons. The minimum absolute atomic E-state index is 0.0883. The number of halogens is 2. The van der Waals surface area contributed by atoms with Gasteiger partial charge in [-0.05, 0) is 55.5 Å². The number of rotatable bonds is 1. The van der Waals surface area contributed by atoms with E-state index in [-0.39, 0.29) is 6.04 Å². The van der Waals surface area contributed by atoms with Crippen molar-refractivity contribution < 1.29 is 4.74 Å². The first kappa shape index (κ1) is 15.1. The van der Waals surface area contributed by atoms with Crippen molar-refractivity contribution in [3.63, 3.8) is 0 Å². The maximum Gasteiger partial charge on any atom is 0.188 e. The van der Waals surface area contributed by atoms with Crippen LogP contribution in [0.2, 0.25) is 10.0 Å². The van der Waals surface area contributed by atoms with Gasteiger partial charge in [0.15, 0.2) is 10.8 Å². The molecule has 0 aliphatic carbocycles. The summed E-state index contributed by atoms with van der Waals surface area (Å²) in [6, 6.07) is 13.4. The van der Waals surface area contributed by atoms with E-state index < -0.39 is 5.72 Å². The van der Waals surface area contributed by atoms with Crippen LogP contribution in [-0.2, 0) is 0 Å². The molecule has 2 aliphatic heterocycles. The molecular weight excluding hydrogens is 351 g/mol. The van der Waals surface area contributed by atoms with Crippen LogP contribution in [0.5, 0.6) is 5.75 Å². The summed E-state index contributed by atoms with van der Waals surface area (Å²) < 4.78 is 6.32. The van der Waals surface area contributed by atoms with Gasteiger partial charge in [-0.15, -0.1) is 0 Å². The van der Waals surface area contributed by atoms with E-state index >= 15 is 0 Å². The Bertz CT molecular complexity index is 813. The van der Waals surface area contributed by atoms with Gasteiger partial charge in [-0.1, -0.05) is 29.3 Å². The lowest BCUT2D eigenvalue weighted by molar-refractivity contribution is 0.0498. The molecule has 2 heterocycles. The molecule has 0 saturated carbocycles. The molecule has 2 bridgehead atoms. The van der Waals surface area contributed by atoms with Gasteiger partial charge in [0.25, 0.3) is 0 Å².